The first-order chi connectivity index (χ1) is 4.72. The molecule has 1 saturated heterocycles. The Balaban J connectivity index is 2.32. The molecule has 1 rings (SSSR count). The van der Waals surface area contributed by atoms with E-state index in [1.807, 2.05) is 13.8 Å². The van der Waals surface area contributed by atoms with Crippen LogP contribution in [-0.2, 0) is 4.74 Å². The van der Waals surface area contributed by atoms with E-state index >= 15 is 0 Å². The van der Waals surface area contributed by atoms with Gasteiger partial charge in [0.2, 0.25) is 0 Å². The second-order valence-corrected chi connectivity index (χ2v) is 3.36. The highest BCUT2D eigenvalue weighted by Gasteiger charge is 2.25. The number of aliphatic hydroxyl groups is 1. The van der Waals surface area contributed by atoms with Crippen LogP contribution in [0.2, 0.25) is 0 Å². The van der Waals surface area contributed by atoms with Crippen molar-refractivity contribution < 1.29 is 9.84 Å². The van der Waals surface area contributed by atoms with Crippen LogP contribution in [0.1, 0.15) is 20.3 Å². The van der Waals surface area contributed by atoms with E-state index in [-0.39, 0.29) is 6.10 Å². The van der Waals surface area contributed by atoms with Gasteiger partial charge >= 0.3 is 0 Å². The average molecular weight is 144 g/mol. The molecule has 2 atom stereocenters. The van der Waals surface area contributed by atoms with Gasteiger partial charge < -0.3 is 9.84 Å². The van der Waals surface area contributed by atoms with Crippen molar-refractivity contribution in [3.63, 3.8) is 0 Å². The van der Waals surface area contributed by atoms with Gasteiger partial charge in [-0.25, -0.2) is 0 Å². The smallest absolute Gasteiger partial charge is 0.0614 e. The fourth-order valence-electron chi connectivity index (χ4n) is 1.37. The van der Waals surface area contributed by atoms with Crippen LogP contribution < -0.4 is 0 Å². The highest BCUT2D eigenvalue weighted by molar-refractivity contribution is 4.74. The molecule has 0 saturated carbocycles. The summed E-state index contributed by atoms with van der Waals surface area (Å²) in [5.74, 6) is 0.756. The summed E-state index contributed by atoms with van der Waals surface area (Å²) in [4.78, 5) is 0. The van der Waals surface area contributed by atoms with Crippen molar-refractivity contribution in [1.29, 1.82) is 0 Å². The number of hydrogen-bond acceptors (Lipinski definition) is 2. The first kappa shape index (κ1) is 8.02. The average Bonchev–Trinajstić information content (AvgIpc) is 2.36. The lowest BCUT2D eigenvalue weighted by Crippen LogP contribution is -2.25. The Morgan fingerprint density at radius 2 is 2.20 bits per heavy atom. The molecule has 1 fully saturated rings. The van der Waals surface area contributed by atoms with Crippen molar-refractivity contribution >= 4 is 0 Å². The Labute approximate surface area is 62.2 Å². The van der Waals surface area contributed by atoms with E-state index in [0.717, 1.165) is 19.6 Å². The summed E-state index contributed by atoms with van der Waals surface area (Å²) in [7, 11) is 0. The third-order valence-corrected chi connectivity index (χ3v) is 2.13. The van der Waals surface area contributed by atoms with Gasteiger partial charge in [0.25, 0.3) is 0 Å². The molecule has 2 nitrogen and oxygen atoms in total. The first-order valence-corrected chi connectivity index (χ1v) is 3.97. The maximum Gasteiger partial charge on any atom is 0.0614 e. The Kier molecular flexibility index (Phi) is 2.69. The molecule has 1 aliphatic rings. The van der Waals surface area contributed by atoms with Crippen molar-refractivity contribution in [2.45, 2.75) is 26.4 Å². The summed E-state index contributed by atoms with van der Waals surface area (Å²) in [6, 6.07) is 0. The Bertz CT molecular complexity index is 95.4. The van der Waals surface area contributed by atoms with Crippen LogP contribution in [0, 0.1) is 11.8 Å². The van der Waals surface area contributed by atoms with E-state index in [1.54, 1.807) is 0 Å². The molecular formula is C8H16O2. The molecule has 0 amide bonds. The molecule has 1 heterocycles. The van der Waals surface area contributed by atoms with Crippen LogP contribution >= 0.6 is 0 Å². The molecule has 0 spiro atoms. The molecular weight excluding hydrogens is 128 g/mol. The van der Waals surface area contributed by atoms with Crippen molar-refractivity contribution in [1.82, 2.24) is 0 Å². The third-order valence-electron chi connectivity index (χ3n) is 2.13. The Hall–Kier alpha value is -0.0800. The van der Waals surface area contributed by atoms with E-state index < -0.39 is 0 Å². The summed E-state index contributed by atoms with van der Waals surface area (Å²) < 4.78 is 5.17. The van der Waals surface area contributed by atoms with Gasteiger partial charge in [-0.2, -0.15) is 0 Å². The second-order valence-electron chi connectivity index (χ2n) is 3.36. The van der Waals surface area contributed by atoms with Crippen LogP contribution in [0.15, 0.2) is 0 Å². The second kappa shape index (κ2) is 3.35. The summed E-state index contributed by atoms with van der Waals surface area (Å²) in [5, 5.41) is 9.55. The molecule has 0 aromatic heterocycles. The van der Waals surface area contributed by atoms with Gasteiger partial charge in [0.1, 0.15) is 0 Å². The monoisotopic (exact) mass is 144 g/mol. The van der Waals surface area contributed by atoms with Crippen LogP contribution in [0.25, 0.3) is 0 Å². The highest BCUT2D eigenvalue weighted by Crippen LogP contribution is 2.21. The minimum Gasteiger partial charge on any atom is -0.392 e. The van der Waals surface area contributed by atoms with Crippen LogP contribution in [-0.4, -0.2) is 24.4 Å². The van der Waals surface area contributed by atoms with Crippen LogP contribution in [0.3, 0.4) is 0 Å². The zero-order valence-electron chi connectivity index (χ0n) is 6.71. The van der Waals surface area contributed by atoms with Gasteiger partial charge in [-0.1, -0.05) is 13.8 Å². The fourth-order valence-corrected chi connectivity index (χ4v) is 1.37. The number of hydrogen-bond donors (Lipinski definition) is 1. The number of aliphatic hydroxyl groups excluding tert-OH is 1. The van der Waals surface area contributed by atoms with E-state index in [4.69, 9.17) is 4.74 Å². The van der Waals surface area contributed by atoms with Gasteiger partial charge in [0.15, 0.2) is 0 Å². The summed E-state index contributed by atoms with van der Waals surface area (Å²) in [6.45, 7) is 5.67. The van der Waals surface area contributed by atoms with Gasteiger partial charge in [-0.15, -0.1) is 0 Å². The quantitative estimate of drug-likeness (QED) is 0.627. The van der Waals surface area contributed by atoms with Crippen LogP contribution in [0.4, 0.5) is 0 Å². The zero-order chi connectivity index (χ0) is 7.56. The molecule has 0 aliphatic carbocycles. The van der Waals surface area contributed by atoms with E-state index in [9.17, 15) is 5.11 Å². The van der Waals surface area contributed by atoms with Gasteiger partial charge in [0.05, 0.1) is 12.7 Å². The lowest BCUT2D eigenvalue weighted by Gasteiger charge is -2.19. The third kappa shape index (κ3) is 1.70. The molecule has 60 valence electrons. The Morgan fingerprint density at radius 3 is 2.60 bits per heavy atom. The summed E-state index contributed by atoms with van der Waals surface area (Å²) in [6.07, 6.45) is 0.863. The maximum absolute atomic E-state index is 9.55. The first-order valence-electron chi connectivity index (χ1n) is 3.97. The number of ether oxygens (including phenoxy) is 1. The van der Waals surface area contributed by atoms with E-state index in [1.165, 1.54) is 0 Å². The minimum absolute atomic E-state index is 0.164. The molecule has 1 aliphatic heterocycles. The van der Waals surface area contributed by atoms with Gasteiger partial charge in [-0.05, 0) is 12.3 Å². The van der Waals surface area contributed by atoms with E-state index in [2.05, 4.69) is 0 Å². The minimum atomic E-state index is -0.164. The summed E-state index contributed by atoms with van der Waals surface area (Å²) >= 11 is 0. The molecule has 0 radical (unpaired) electrons. The lowest BCUT2D eigenvalue weighted by molar-refractivity contribution is 0.0558. The summed E-state index contributed by atoms with van der Waals surface area (Å²) in [5.41, 5.74) is 0. The molecule has 0 aromatic carbocycles. The molecule has 2 unspecified atom stereocenters. The molecule has 0 aromatic rings. The standard InChI is InChI=1S/C8H16O2/c1-6(2)8(9)7-3-4-10-5-7/h6-9H,3-5H2,1-2H3. The van der Waals surface area contributed by atoms with E-state index in [0.29, 0.717) is 11.8 Å². The lowest BCUT2D eigenvalue weighted by atomic mass is 9.93. The van der Waals surface area contributed by atoms with Crippen molar-refractivity contribution in [3.8, 4) is 0 Å². The van der Waals surface area contributed by atoms with Crippen molar-refractivity contribution in [2.24, 2.45) is 11.8 Å². The molecule has 2 heteroatoms. The number of rotatable bonds is 2. The fraction of sp³-hybridized carbons (Fsp3) is 1.00. The molecule has 1 N–H and O–H groups in total. The maximum atomic E-state index is 9.55. The van der Waals surface area contributed by atoms with Crippen molar-refractivity contribution in [3.05, 3.63) is 0 Å². The van der Waals surface area contributed by atoms with Gasteiger partial charge in [-0.3, -0.25) is 0 Å². The van der Waals surface area contributed by atoms with Crippen LogP contribution in [0.5, 0.6) is 0 Å². The highest BCUT2D eigenvalue weighted by atomic mass is 16.5. The topological polar surface area (TPSA) is 29.5 Å². The Morgan fingerprint density at radius 1 is 1.50 bits per heavy atom. The molecule has 0 bridgehead atoms. The SMILES string of the molecule is CC(C)C(O)C1CCOC1. The largest absolute Gasteiger partial charge is 0.392 e. The predicted octanol–water partition coefficient (Wildman–Crippen LogP) is 1.04. The normalized spacial score (nSPS) is 29.4. The molecule has 10 heavy (non-hydrogen) atoms. The zero-order valence-corrected chi connectivity index (χ0v) is 6.71. The van der Waals surface area contributed by atoms with Crippen molar-refractivity contribution in [2.75, 3.05) is 13.2 Å². The predicted molar refractivity (Wildman–Crippen MR) is 39.8 cm³/mol. The van der Waals surface area contributed by atoms with Gasteiger partial charge in [0, 0.05) is 12.5 Å².